The van der Waals surface area contributed by atoms with Crippen LogP contribution in [0.4, 0.5) is 26.3 Å². The zero-order chi connectivity index (χ0) is 26.2. The van der Waals surface area contributed by atoms with E-state index in [1.165, 1.54) is 12.2 Å². The van der Waals surface area contributed by atoms with Crippen molar-refractivity contribution in [3.63, 3.8) is 0 Å². The van der Waals surface area contributed by atoms with Gasteiger partial charge in [0, 0.05) is 18.6 Å². The fourth-order valence-corrected chi connectivity index (χ4v) is 3.55. The number of halogens is 7. The molecular weight excluding hydrogens is 593 g/mol. The highest BCUT2D eigenvalue weighted by atomic mass is 127. The lowest BCUT2D eigenvalue weighted by atomic mass is 10.0. The van der Waals surface area contributed by atoms with Gasteiger partial charge in [0.1, 0.15) is 12.4 Å². The first-order valence-electron chi connectivity index (χ1n) is 10.0. The van der Waals surface area contributed by atoms with E-state index in [4.69, 9.17) is 9.47 Å². The SMILES string of the molecule is CCO[C@@H](Cc1ccc(OC/C=C\C#Cc2cc(C(F)(F)F)cc(C(F)(F)F)c2)c(I)c1)C(=O)O. The van der Waals surface area contributed by atoms with Crippen LogP contribution in [-0.4, -0.2) is 30.4 Å². The van der Waals surface area contributed by atoms with Gasteiger partial charge in [-0.1, -0.05) is 17.9 Å². The monoisotopic (exact) mass is 612 g/mol. The molecule has 0 aromatic heterocycles. The van der Waals surface area contributed by atoms with Crippen molar-refractivity contribution in [2.24, 2.45) is 0 Å². The predicted octanol–water partition coefficient (Wildman–Crippen LogP) is 6.35. The number of benzene rings is 2. The fraction of sp³-hybridized carbons (Fsp3) is 0.292. The summed E-state index contributed by atoms with van der Waals surface area (Å²) < 4.78 is 88.8. The van der Waals surface area contributed by atoms with Crippen molar-refractivity contribution in [2.75, 3.05) is 13.2 Å². The highest BCUT2D eigenvalue weighted by Gasteiger charge is 2.36. The Bertz CT molecular complexity index is 1100. The largest absolute Gasteiger partial charge is 0.488 e. The molecule has 0 heterocycles. The van der Waals surface area contributed by atoms with Gasteiger partial charge in [0.25, 0.3) is 0 Å². The van der Waals surface area contributed by atoms with Crippen LogP contribution < -0.4 is 4.74 Å². The summed E-state index contributed by atoms with van der Waals surface area (Å²) in [6.45, 7) is 2.01. The van der Waals surface area contributed by atoms with Crippen LogP contribution in [0, 0.1) is 15.4 Å². The van der Waals surface area contributed by atoms with Gasteiger partial charge in [0.15, 0.2) is 6.10 Å². The quantitative estimate of drug-likeness (QED) is 0.215. The van der Waals surface area contributed by atoms with Crippen molar-refractivity contribution < 1.29 is 45.7 Å². The fourth-order valence-electron chi connectivity index (χ4n) is 2.82. The molecule has 0 radical (unpaired) electrons. The van der Waals surface area contributed by atoms with Crippen LogP contribution in [0.1, 0.15) is 29.2 Å². The van der Waals surface area contributed by atoms with Gasteiger partial charge >= 0.3 is 18.3 Å². The molecule has 0 saturated heterocycles. The Labute approximate surface area is 211 Å². The summed E-state index contributed by atoms with van der Waals surface area (Å²) in [5.74, 6) is 4.11. The van der Waals surface area contributed by atoms with E-state index >= 15 is 0 Å². The van der Waals surface area contributed by atoms with Gasteiger partial charge in [-0.05, 0) is 77.6 Å². The van der Waals surface area contributed by atoms with Crippen molar-refractivity contribution in [1.29, 1.82) is 0 Å². The van der Waals surface area contributed by atoms with E-state index in [9.17, 15) is 36.2 Å². The van der Waals surface area contributed by atoms with Gasteiger partial charge < -0.3 is 14.6 Å². The lowest BCUT2D eigenvalue weighted by Crippen LogP contribution is -2.26. The van der Waals surface area contributed by atoms with Crippen LogP contribution >= 0.6 is 22.6 Å². The molecule has 2 aromatic carbocycles. The number of aliphatic carboxylic acids is 1. The molecule has 4 nitrogen and oxygen atoms in total. The molecule has 2 aromatic rings. The maximum atomic E-state index is 12.9. The number of hydrogen-bond acceptors (Lipinski definition) is 3. The number of carboxylic acids is 1. The first-order valence-corrected chi connectivity index (χ1v) is 11.1. The lowest BCUT2D eigenvalue weighted by molar-refractivity contribution is -0.150. The first-order chi connectivity index (χ1) is 16.3. The molecule has 0 fully saturated rings. The first kappa shape index (κ1) is 28.5. The van der Waals surface area contributed by atoms with E-state index in [2.05, 4.69) is 11.8 Å². The van der Waals surface area contributed by atoms with Crippen molar-refractivity contribution in [2.45, 2.75) is 31.8 Å². The van der Waals surface area contributed by atoms with E-state index < -0.39 is 41.1 Å². The third-order valence-corrected chi connectivity index (χ3v) is 5.24. The number of hydrogen-bond donors (Lipinski definition) is 1. The normalized spacial score (nSPS) is 12.8. The van der Waals surface area contributed by atoms with Crippen LogP contribution in [0.15, 0.2) is 48.6 Å². The summed E-state index contributed by atoms with van der Waals surface area (Å²) in [7, 11) is 0. The van der Waals surface area contributed by atoms with E-state index in [1.54, 1.807) is 25.1 Å². The summed E-state index contributed by atoms with van der Waals surface area (Å²) in [5.41, 5.74) is -2.55. The van der Waals surface area contributed by atoms with E-state index in [-0.39, 0.29) is 25.7 Å². The summed E-state index contributed by atoms with van der Waals surface area (Å²) >= 11 is 2.02. The van der Waals surface area contributed by atoms with Crippen molar-refractivity contribution in [1.82, 2.24) is 0 Å². The molecule has 11 heteroatoms. The average Bonchev–Trinajstić information content (AvgIpc) is 2.75. The van der Waals surface area contributed by atoms with Gasteiger partial charge in [0.05, 0.1) is 14.7 Å². The van der Waals surface area contributed by atoms with Crippen molar-refractivity contribution in [3.05, 3.63) is 74.4 Å². The third-order valence-electron chi connectivity index (χ3n) is 4.40. The number of carbonyl (C=O) groups is 1. The molecule has 0 aliphatic rings. The van der Waals surface area contributed by atoms with Crippen LogP contribution in [0.3, 0.4) is 0 Å². The second-order valence-electron chi connectivity index (χ2n) is 7.03. The van der Waals surface area contributed by atoms with Crippen LogP contribution in [0.5, 0.6) is 5.75 Å². The minimum Gasteiger partial charge on any atom is -0.488 e. The minimum absolute atomic E-state index is 0.0388. The molecule has 1 atom stereocenters. The second kappa shape index (κ2) is 12.3. The van der Waals surface area contributed by atoms with Gasteiger partial charge in [0.2, 0.25) is 0 Å². The van der Waals surface area contributed by atoms with Gasteiger partial charge in [-0.3, -0.25) is 0 Å². The third kappa shape index (κ3) is 9.10. The molecule has 0 aliphatic carbocycles. The summed E-state index contributed by atoms with van der Waals surface area (Å²) in [6, 6.07) is 6.25. The average molecular weight is 612 g/mol. The summed E-state index contributed by atoms with van der Waals surface area (Å²) in [4.78, 5) is 11.2. The molecule has 1 N–H and O–H groups in total. The second-order valence-corrected chi connectivity index (χ2v) is 8.19. The van der Waals surface area contributed by atoms with Crippen LogP contribution in [-0.2, 0) is 28.3 Å². The van der Waals surface area contributed by atoms with Gasteiger partial charge in [-0.15, -0.1) is 0 Å². The molecule has 0 amide bonds. The van der Waals surface area contributed by atoms with Crippen LogP contribution in [0.2, 0.25) is 0 Å². The summed E-state index contributed by atoms with van der Waals surface area (Å²) in [5, 5.41) is 9.18. The molecule has 2 rings (SSSR count). The minimum atomic E-state index is -4.94. The Balaban J connectivity index is 2.03. The highest BCUT2D eigenvalue weighted by Crippen LogP contribution is 2.36. The zero-order valence-corrected chi connectivity index (χ0v) is 20.3. The maximum Gasteiger partial charge on any atom is 0.416 e. The smallest absolute Gasteiger partial charge is 0.416 e. The standard InChI is InChI=1S/C24H19F6IO4/c1-2-34-21(22(32)33)13-16-7-8-20(19(31)12-16)35-9-5-3-4-6-15-10-17(23(25,26)27)14-18(11-15)24(28,29)30/h3,5,7-8,10-12,14,21H,2,9,13H2,1H3,(H,32,33)/b5-3-/t21-/m0/s1. The zero-order valence-electron chi connectivity index (χ0n) is 18.1. The van der Waals surface area contributed by atoms with Crippen molar-refractivity contribution >= 4 is 28.6 Å². The number of alkyl halides is 6. The predicted molar refractivity (Wildman–Crippen MR) is 124 cm³/mol. The van der Waals surface area contributed by atoms with Gasteiger partial charge in [-0.25, -0.2) is 4.79 Å². The van der Waals surface area contributed by atoms with Crippen molar-refractivity contribution in [3.8, 4) is 17.6 Å². The lowest BCUT2D eigenvalue weighted by Gasteiger charge is -2.13. The molecule has 0 spiro atoms. The molecule has 35 heavy (non-hydrogen) atoms. The number of allylic oxidation sites excluding steroid dienone is 1. The van der Waals surface area contributed by atoms with E-state index in [0.717, 1.165) is 5.56 Å². The molecule has 188 valence electrons. The Morgan fingerprint density at radius 1 is 1.09 bits per heavy atom. The highest BCUT2D eigenvalue weighted by molar-refractivity contribution is 14.1. The van der Waals surface area contributed by atoms with E-state index in [0.29, 0.717) is 21.5 Å². The van der Waals surface area contributed by atoms with Gasteiger partial charge in [-0.2, -0.15) is 26.3 Å². The van der Waals surface area contributed by atoms with E-state index in [1.807, 2.05) is 22.6 Å². The number of rotatable bonds is 8. The Morgan fingerprint density at radius 3 is 2.23 bits per heavy atom. The summed E-state index contributed by atoms with van der Waals surface area (Å²) in [6.07, 6.45) is -7.95. The number of ether oxygens (including phenoxy) is 2. The Kier molecular flexibility index (Phi) is 10.0. The molecule has 0 unspecified atom stereocenters. The molecular formula is C24H19F6IO4. The maximum absolute atomic E-state index is 12.9. The Hall–Kier alpha value is -2.72. The topological polar surface area (TPSA) is 55.8 Å². The Morgan fingerprint density at radius 2 is 1.71 bits per heavy atom. The number of carboxylic acid groups (broad SMARTS) is 1. The molecule has 0 bridgehead atoms. The molecule has 0 saturated carbocycles. The van der Waals surface area contributed by atoms with Crippen LogP contribution in [0.25, 0.3) is 0 Å². The molecule has 0 aliphatic heterocycles.